The first-order valence-corrected chi connectivity index (χ1v) is 7.86. The van der Waals surface area contributed by atoms with Gasteiger partial charge >= 0.3 is 0 Å². The molecule has 0 bridgehead atoms. The molecule has 1 saturated heterocycles. The lowest BCUT2D eigenvalue weighted by atomic mass is 10.1. The molecule has 1 aromatic carbocycles. The van der Waals surface area contributed by atoms with Crippen LogP contribution >= 0.6 is 0 Å². The average molecular weight is 314 g/mol. The number of nitrogens with one attached hydrogen (secondary N) is 2. The van der Waals surface area contributed by atoms with Crippen molar-refractivity contribution in [1.82, 2.24) is 20.2 Å². The van der Waals surface area contributed by atoms with E-state index in [4.69, 9.17) is 0 Å². The molecule has 2 atom stereocenters. The zero-order valence-corrected chi connectivity index (χ0v) is 13.2. The van der Waals surface area contributed by atoms with Crippen LogP contribution in [0.5, 0.6) is 0 Å². The third-order valence-corrected chi connectivity index (χ3v) is 4.16. The normalized spacial score (nSPS) is 20.6. The second-order valence-corrected chi connectivity index (χ2v) is 5.99. The summed E-state index contributed by atoms with van der Waals surface area (Å²) in [6.07, 6.45) is 3.81. The summed E-state index contributed by atoms with van der Waals surface area (Å²) in [7, 11) is 0. The maximum atomic E-state index is 12.1. The van der Waals surface area contributed by atoms with E-state index < -0.39 is 6.10 Å². The molecular weight excluding hydrogens is 292 g/mol. The second kappa shape index (κ2) is 6.93. The smallest absolute Gasteiger partial charge is 0.237 e. The fraction of sp³-hybridized carbons (Fsp3) is 0.412. The maximum Gasteiger partial charge on any atom is 0.237 e. The number of benzene rings is 1. The zero-order valence-electron chi connectivity index (χ0n) is 13.2. The van der Waals surface area contributed by atoms with Crippen LogP contribution in [0, 0.1) is 6.92 Å². The first-order chi connectivity index (χ1) is 11.1. The van der Waals surface area contributed by atoms with Crippen LogP contribution in [0.2, 0.25) is 0 Å². The van der Waals surface area contributed by atoms with Gasteiger partial charge in [-0.05, 0) is 24.5 Å². The Morgan fingerprint density at radius 1 is 1.48 bits per heavy atom. The minimum atomic E-state index is -0.424. The molecule has 2 aromatic rings. The Morgan fingerprint density at radius 2 is 2.30 bits per heavy atom. The Labute approximate surface area is 135 Å². The highest BCUT2D eigenvalue weighted by molar-refractivity contribution is 5.82. The molecule has 122 valence electrons. The average Bonchev–Trinajstić information content (AvgIpc) is 3.15. The van der Waals surface area contributed by atoms with Gasteiger partial charge in [-0.2, -0.15) is 0 Å². The first kappa shape index (κ1) is 15.7. The number of aliphatic hydroxyl groups is 1. The Bertz CT molecular complexity index is 683. The van der Waals surface area contributed by atoms with Crippen molar-refractivity contribution in [2.75, 3.05) is 6.54 Å². The molecule has 6 heteroatoms. The fourth-order valence-corrected chi connectivity index (χ4v) is 2.83. The van der Waals surface area contributed by atoms with Crippen LogP contribution in [0.3, 0.4) is 0 Å². The molecule has 3 N–H and O–H groups in total. The van der Waals surface area contributed by atoms with Crippen LogP contribution in [0.1, 0.15) is 23.4 Å². The molecule has 1 aliphatic heterocycles. The van der Waals surface area contributed by atoms with Gasteiger partial charge in [0.05, 0.1) is 12.1 Å². The van der Waals surface area contributed by atoms with Gasteiger partial charge in [0.1, 0.15) is 5.82 Å². The Morgan fingerprint density at radius 3 is 3.00 bits per heavy atom. The summed E-state index contributed by atoms with van der Waals surface area (Å²) in [5.74, 6) is 0.923. The molecule has 0 saturated carbocycles. The number of carbonyl (C=O) groups excluding carboxylic acids is 1. The van der Waals surface area contributed by atoms with Gasteiger partial charge in [0.25, 0.3) is 0 Å². The van der Waals surface area contributed by atoms with Crippen LogP contribution in [-0.4, -0.2) is 39.3 Å². The highest BCUT2D eigenvalue weighted by atomic mass is 16.3. The summed E-state index contributed by atoms with van der Waals surface area (Å²) < 4.78 is 2.08. The number of hydrogen-bond acceptors (Lipinski definition) is 4. The van der Waals surface area contributed by atoms with E-state index in [0.29, 0.717) is 19.5 Å². The molecular formula is C17H22N4O2. The van der Waals surface area contributed by atoms with Crippen molar-refractivity contribution >= 4 is 5.91 Å². The Kier molecular flexibility index (Phi) is 4.73. The SMILES string of the molecule is Cc1nccn1Cc1cccc(CNC(=O)[C@@H]2C[C@H](O)CN2)c1. The van der Waals surface area contributed by atoms with E-state index in [1.54, 1.807) is 6.20 Å². The summed E-state index contributed by atoms with van der Waals surface area (Å²) in [5.41, 5.74) is 2.24. The number of aromatic nitrogens is 2. The van der Waals surface area contributed by atoms with Crippen molar-refractivity contribution in [2.24, 2.45) is 0 Å². The predicted octanol–water partition coefficient (Wildman–Crippen LogP) is 0.579. The molecule has 1 aromatic heterocycles. The number of imidazole rings is 1. The topological polar surface area (TPSA) is 79.2 Å². The molecule has 2 heterocycles. The monoisotopic (exact) mass is 314 g/mol. The van der Waals surface area contributed by atoms with Crippen molar-refractivity contribution in [3.05, 3.63) is 53.6 Å². The summed E-state index contributed by atoms with van der Waals surface area (Å²) in [4.78, 5) is 16.3. The summed E-state index contributed by atoms with van der Waals surface area (Å²) >= 11 is 0. The van der Waals surface area contributed by atoms with Crippen molar-refractivity contribution in [3.8, 4) is 0 Å². The molecule has 0 aliphatic carbocycles. The van der Waals surface area contributed by atoms with Crippen molar-refractivity contribution in [3.63, 3.8) is 0 Å². The van der Waals surface area contributed by atoms with Gasteiger partial charge in [-0.15, -0.1) is 0 Å². The minimum Gasteiger partial charge on any atom is -0.392 e. The van der Waals surface area contributed by atoms with Gasteiger partial charge in [-0.25, -0.2) is 4.98 Å². The lowest BCUT2D eigenvalue weighted by molar-refractivity contribution is -0.123. The standard InChI is InChI=1S/C17H22N4O2/c1-12-18-5-6-21(12)11-14-4-2-3-13(7-14)9-20-17(23)16-8-15(22)10-19-16/h2-7,15-16,19,22H,8-11H2,1H3,(H,20,23)/t15-,16-/m0/s1. The van der Waals surface area contributed by atoms with Gasteiger partial charge in [0.2, 0.25) is 5.91 Å². The largest absolute Gasteiger partial charge is 0.392 e. The fourth-order valence-electron chi connectivity index (χ4n) is 2.83. The van der Waals surface area contributed by atoms with E-state index in [-0.39, 0.29) is 11.9 Å². The van der Waals surface area contributed by atoms with E-state index in [1.807, 2.05) is 25.3 Å². The predicted molar refractivity (Wildman–Crippen MR) is 86.8 cm³/mol. The van der Waals surface area contributed by atoms with E-state index >= 15 is 0 Å². The van der Waals surface area contributed by atoms with Crippen LogP contribution in [-0.2, 0) is 17.9 Å². The van der Waals surface area contributed by atoms with Gasteiger partial charge in [-0.3, -0.25) is 4.79 Å². The van der Waals surface area contributed by atoms with Gasteiger partial charge in [0, 0.05) is 32.0 Å². The second-order valence-electron chi connectivity index (χ2n) is 5.99. The number of aryl methyl sites for hydroxylation is 1. The maximum absolute atomic E-state index is 12.1. The minimum absolute atomic E-state index is 0.0580. The Hall–Kier alpha value is -2.18. The quantitative estimate of drug-likeness (QED) is 0.754. The van der Waals surface area contributed by atoms with E-state index in [9.17, 15) is 9.90 Å². The van der Waals surface area contributed by atoms with Crippen molar-refractivity contribution in [2.45, 2.75) is 38.6 Å². The molecule has 23 heavy (non-hydrogen) atoms. The number of aliphatic hydroxyl groups excluding tert-OH is 1. The van der Waals surface area contributed by atoms with E-state index in [2.05, 4.69) is 32.3 Å². The summed E-state index contributed by atoms with van der Waals surface area (Å²) in [6, 6.07) is 7.88. The number of amides is 1. The van der Waals surface area contributed by atoms with Crippen LogP contribution in [0.4, 0.5) is 0 Å². The first-order valence-electron chi connectivity index (χ1n) is 7.86. The van der Waals surface area contributed by atoms with Crippen molar-refractivity contribution in [1.29, 1.82) is 0 Å². The van der Waals surface area contributed by atoms with Gasteiger partial charge in [0.15, 0.2) is 0 Å². The molecule has 1 aliphatic rings. The molecule has 1 amide bonds. The Balaban J connectivity index is 1.57. The molecule has 6 nitrogen and oxygen atoms in total. The number of β-amino-alcohol motifs (C(OH)–C–C–N with tert-alkyl or cyclic N) is 1. The van der Waals surface area contributed by atoms with Crippen LogP contribution in [0.15, 0.2) is 36.7 Å². The van der Waals surface area contributed by atoms with Gasteiger partial charge < -0.3 is 20.3 Å². The zero-order chi connectivity index (χ0) is 16.2. The van der Waals surface area contributed by atoms with E-state index in [1.165, 1.54) is 5.56 Å². The summed E-state index contributed by atoms with van der Waals surface area (Å²) in [5, 5.41) is 15.4. The number of hydrogen-bond donors (Lipinski definition) is 3. The molecule has 3 rings (SSSR count). The summed E-state index contributed by atoms with van der Waals surface area (Å²) in [6.45, 7) is 3.72. The van der Waals surface area contributed by atoms with Crippen LogP contribution < -0.4 is 10.6 Å². The number of rotatable bonds is 5. The number of nitrogens with zero attached hydrogens (tertiary/aromatic N) is 2. The molecule has 0 radical (unpaired) electrons. The van der Waals surface area contributed by atoms with Crippen molar-refractivity contribution < 1.29 is 9.90 Å². The third-order valence-electron chi connectivity index (χ3n) is 4.16. The molecule has 1 fully saturated rings. The number of carbonyl (C=O) groups is 1. The third kappa shape index (κ3) is 3.97. The molecule has 0 unspecified atom stereocenters. The highest BCUT2D eigenvalue weighted by Crippen LogP contribution is 2.10. The molecule has 0 spiro atoms. The lowest BCUT2D eigenvalue weighted by Crippen LogP contribution is -2.40. The van der Waals surface area contributed by atoms with Crippen LogP contribution in [0.25, 0.3) is 0 Å². The lowest BCUT2D eigenvalue weighted by Gasteiger charge is -2.12. The highest BCUT2D eigenvalue weighted by Gasteiger charge is 2.27. The van der Waals surface area contributed by atoms with E-state index in [0.717, 1.165) is 17.9 Å². The van der Waals surface area contributed by atoms with Gasteiger partial charge in [-0.1, -0.05) is 24.3 Å².